The maximum atomic E-state index is 13.7. The predicted octanol–water partition coefficient (Wildman–Crippen LogP) is 3.94. The van der Waals surface area contributed by atoms with Gasteiger partial charge in [0.15, 0.2) is 11.6 Å². The second-order valence-electron chi connectivity index (χ2n) is 3.44. The van der Waals surface area contributed by atoms with Crippen LogP contribution in [0.4, 0.5) is 8.78 Å². The highest BCUT2D eigenvalue weighted by Gasteiger charge is 2.13. The Kier molecular flexibility index (Phi) is 3.18. The molecule has 0 amide bonds. The minimum absolute atomic E-state index is 0.196. The summed E-state index contributed by atoms with van der Waals surface area (Å²) in [5.41, 5.74) is 1.61. The zero-order valence-electron chi connectivity index (χ0n) is 8.47. The van der Waals surface area contributed by atoms with E-state index >= 15 is 0 Å². The zero-order chi connectivity index (χ0) is 11.7. The maximum Gasteiger partial charge on any atom is 0.172 e. The Labute approximate surface area is 106 Å². The molecule has 82 valence electrons. The standard InChI is InChI=1S/C12H8F2IN/c1-7-4-5-16-10(6-7)8-2-3-9(15)12(14)11(8)13/h2-6H,1H3. The van der Waals surface area contributed by atoms with Crippen LogP contribution in [-0.4, -0.2) is 4.98 Å². The molecule has 2 rings (SSSR count). The number of nitrogens with zero attached hydrogens (tertiary/aromatic N) is 1. The first-order valence-electron chi connectivity index (χ1n) is 4.66. The van der Waals surface area contributed by atoms with E-state index in [-0.39, 0.29) is 9.13 Å². The molecule has 16 heavy (non-hydrogen) atoms. The smallest absolute Gasteiger partial charge is 0.172 e. The van der Waals surface area contributed by atoms with Crippen LogP contribution >= 0.6 is 22.6 Å². The number of pyridine rings is 1. The summed E-state index contributed by atoms with van der Waals surface area (Å²) in [6.45, 7) is 1.88. The van der Waals surface area contributed by atoms with Crippen LogP contribution in [0.2, 0.25) is 0 Å². The lowest BCUT2D eigenvalue weighted by atomic mass is 10.1. The van der Waals surface area contributed by atoms with E-state index in [0.717, 1.165) is 5.56 Å². The summed E-state index contributed by atoms with van der Waals surface area (Å²) in [5.74, 6) is -1.66. The van der Waals surface area contributed by atoms with Crippen LogP contribution in [0.15, 0.2) is 30.5 Å². The monoisotopic (exact) mass is 331 g/mol. The first-order valence-corrected chi connectivity index (χ1v) is 5.74. The third-order valence-electron chi connectivity index (χ3n) is 2.23. The van der Waals surface area contributed by atoms with Crippen molar-refractivity contribution in [1.82, 2.24) is 4.98 Å². The molecule has 0 atom stereocenters. The van der Waals surface area contributed by atoms with Gasteiger partial charge in [0.2, 0.25) is 0 Å². The molecule has 0 aliphatic carbocycles. The molecule has 0 saturated carbocycles. The van der Waals surface area contributed by atoms with Crippen LogP contribution in [0.1, 0.15) is 5.56 Å². The molecule has 0 saturated heterocycles. The molecule has 1 heterocycles. The summed E-state index contributed by atoms with van der Waals surface area (Å²) >= 11 is 1.76. The predicted molar refractivity (Wildman–Crippen MR) is 67.0 cm³/mol. The van der Waals surface area contributed by atoms with Crippen LogP contribution in [-0.2, 0) is 0 Å². The second kappa shape index (κ2) is 4.45. The molecule has 0 fully saturated rings. The molecular weight excluding hydrogens is 323 g/mol. The van der Waals surface area contributed by atoms with E-state index in [0.29, 0.717) is 5.69 Å². The molecule has 0 aliphatic rings. The Bertz CT molecular complexity index is 541. The number of hydrogen-bond donors (Lipinski definition) is 0. The van der Waals surface area contributed by atoms with Gasteiger partial charge in [-0.15, -0.1) is 0 Å². The Balaban J connectivity index is 2.61. The maximum absolute atomic E-state index is 13.7. The topological polar surface area (TPSA) is 12.9 Å². The van der Waals surface area contributed by atoms with Crippen molar-refractivity contribution in [2.75, 3.05) is 0 Å². The van der Waals surface area contributed by atoms with E-state index in [1.165, 1.54) is 0 Å². The lowest BCUT2D eigenvalue weighted by Crippen LogP contribution is -1.94. The first kappa shape index (κ1) is 11.4. The fraction of sp³-hybridized carbons (Fsp3) is 0.0833. The molecule has 2 aromatic rings. The molecular formula is C12H8F2IN. The van der Waals surface area contributed by atoms with Gasteiger partial charge in [-0.2, -0.15) is 0 Å². The summed E-state index contributed by atoms with van der Waals surface area (Å²) < 4.78 is 27.3. The van der Waals surface area contributed by atoms with Crippen molar-refractivity contribution >= 4 is 22.6 Å². The molecule has 0 aliphatic heterocycles. The molecule has 1 aromatic heterocycles. The molecule has 1 nitrogen and oxygen atoms in total. The van der Waals surface area contributed by atoms with Gasteiger partial charge < -0.3 is 0 Å². The zero-order valence-corrected chi connectivity index (χ0v) is 10.6. The summed E-state index contributed by atoms with van der Waals surface area (Å²) in [6, 6.07) is 6.62. The minimum Gasteiger partial charge on any atom is -0.256 e. The second-order valence-corrected chi connectivity index (χ2v) is 4.60. The number of aromatic nitrogens is 1. The molecule has 0 unspecified atom stereocenters. The van der Waals surface area contributed by atoms with Gasteiger partial charge in [-0.3, -0.25) is 4.98 Å². The van der Waals surface area contributed by atoms with Gasteiger partial charge in [-0.25, -0.2) is 8.78 Å². The highest BCUT2D eigenvalue weighted by molar-refractivity contribution is 14.1. The molecule has 0 N–H and O–H groups in total. The normalized spacial score (nSPS) is 10.5. The number of halogens is 3. The number of hydrogen-bond acceptors (Lipinski definition) is 1. The fourth-order valence-electron chi connectivity index (χ4n) is 1.41. The summed E-state index contributed by atoms with van der Waals surface area (Å²) in [5, 5.41) is 0. The number of rotatable bonds is 1. The lowest BCUT2D eigenvalue weighted by Gasteiger charge is -2.05. The average molecular weight is 331 g/mol. The van der Waals surface area contributed by atoms with Gasteiger partial charge in [0, 0.05) is 11.8 Å². The van der Waals surface area contributed by atoms with Gasteiger partial charge in [-0.1, -0.05) is 0 Å². The van der Waals surface area contributed by atoms with E-state index < -0.39 is 11.6 Å². The SMILES string of the molecule is Cc1ccnc(-c2ccc(I)c(F)c2F)c1. The molecule has 0 spiro atoms. The van der Waals surface area contributed by atoms with Gasteiger partial charge in [0.1, 0.15) is 0 Å². The van der Waals surface area contributed by atoms with E-state index in [2.05, 4.69) is 4.98 Å². The van der Waals surface area contributed by atoms with Crippen LogP contribution in [0.5, 0.6) is 0 Å². The highest BCUT2D eigenvalue weighted by atomic mass is 127. The Morgan fingerprint density at radius 1 is 1.12 bits per heavy atom. The Morgan fingerprint density at radius 3 is 2.56 bits per heavy atom. The molecule has 1 aromatic carbocycles. The van der Waals surface area contributed by atoms with Crippen molar-refractivity contribution in [3.8, 4) is 11.3 Å². The van der Waals surface area contributed by atoms with Crippen molar-refractivity contribution in [2.24, 2.45) is 0 Å². The summed E-state index contributed by atoms with van der Waals surface area (Å²) in [4.78, 5) is 4.03. The van der Waals surface area contributed by atoms with E-state index in [4.69, 9.17) is 0 Å². The van der Waals surface area contributed by atoms with Crippen molar-refractivity contribution < 1.29 is 8.78 Å². The minimum atomic E-state index is -0.843. The largest absolute Gasteiger partial charge is 0.256 e. The van der Waals surface area contributed by atoms with Gasteiger partial charge in [0.25, 0.3) is 0 Å². The van der Waals surface area contributed by atoms with E-state index in [1.807, 2.05) is 13.0 Å². The van der Waals surface area contributed by atoms with Crippen molar-refractivity contribution in [2.45, 2.75) is 6.92 Å². The van der Waals surface area contributed by atoms with Crippen molar-refractivity contribution in [3.63, 3.8) is 0 Å². The average Bonchev–Trinajstić information content (AvgIpc) is 2.26. The van der Waals surface area contributed by atoms with Crippen molar-refractivity contribution in [3.05, 3.63) is 51.2 Å². The third kappa shape index (κ3) is 2.07. The number of benzene rings is 1. The highest BCUT2D eigenvalue weighted by Crippen LogP contribution is 2.25. The van der Waals surface area contributed by atoms with Crippen LogP contribution in [0.25, 0.3) is 11.3 Å². The van der Waals surface area contributed by atoms with E-state index in [9.17, 15) is 8.78 Å². The molecule has 0 bridgehead atoms. The molecule has 0 radical (unpaired) electrons. The fourth-order valence-corrected chi connectivity index (χ4v) is 1.82. The molecule has 4 heteroatoms. The number of aryl methyl sites for hydroxylation is 1. The lowest BCUT2D eigenvalue weighted by molar-refractivity contribution is 0.506. The van der Waals surface area contributed by atoms with Gasteiger partial charge in [-0.05, 0) is 59.3 Å². The first-order chi connectivity index (χ1) is 7.59. The van der Waals surface area contributed by atoms with Crippen molar-refractivity contribution in [1.29, 1.82) is 0 Å². The summed E-state index contributed by atoms with van der Waals surface area (Å²) in [7, 11) is 0. The van der Waals surface area contributed by atoms with Crippen LogP contribution in [0, 0.1) is 22.1 Å². The van der Waals surface area contributed by atoms with E-state index in [1.54, 1.807) is 47.0 Å². The third-order valence-corrected chi connectivity index (χ3v) is 3.06. The van der Waals surface area contributed by atoms with Gasteiger partial charge in [0.05, 0.1) is 9.26 Å². The Hall–Kier alpha value is -1.04. The van der Waals surface area contributed by atoms with Gasteiger partial charge >= 0.3 is 0 Å². The Morgan fingerprint density at radius 2 is 1.88 bits per heavy atom. The quantitative estimate of drug-likeness (QED) is 0.570. The van der Waals surface area contributed by atoms with Crippen LogP contribution in [0.3, 0.4) is 0 Å². The summed E-state index contributed by atoms with van der Waals surface area (Å²) in [6.07, 6.45) is 1.58. The van der Waals surface area contributed by atoms with Crippen LogP contribution < -0.4 is 0 Å².